The average molecular weight is 945 g/mol. The van der Waals surface area contributed by atoms with E-state index in [-0.39, 0.29) is 70.5 Å². The molecule has 68 heavy (non-hydrogen) atoms. The first-order valence-corrected chi connectivity index (χ1v) is 24.9. The zero-order valence-electron chi connectivity index (χ0n) is 38.8. The lowest BCUT2D eigenvalue weighted by atomic mass is 9.55. The molecule has 2 aliphatic heterocycles. The summed E-state index contributed by atoms with van der Waals surface area (Å²) in [7, 11) is 0. The number of ether oxygens (including phenoxy) is 6. The van der Waals surface area contributed by atoms with Gasteiger partial charge in [0.05, 0.1) is 31.5 Å². The van der Waals surface area contributed by atoms with Crippen LogP contribution in [0.5, 0.6) is 23.0 Å². The van der Waals surface area contributed by atoms with Gasteiger partial charge in [-0.15, -0.1) is 24.9 Å². The molecule has 6 atom stereocenters. The zero-order valence-corrected chi connectivity index (χ0v) is 39.6. The lowest BCUT2D eigenvalue weighted by molar-refractivity contribution is -0.256. The van der Waals surface area contributed by atoms with Crippen LogP contribution in [0.3, 0.4) is 0 Å². The number of nitrogens with zero attached hydrogens (tertiary/aromatic N) is 2. The number of benzene rings is 4. The summed E-state index contributed by atoms with van der Waals surface area (Å²) in [6.45, 7) is 9.35. The van der Waals surface area contributed by atoms with Crippen molar-refractivity contribution in [3.8, 4) is 23.0 Å². The molecule has 4 aliphatic rings. The number of oxime groups is 1. The average Bonchev–Trinajstić information content (AvgIpc) is 3.84. The molecule has 0 aromatic heterocycles. The molecule has 12 nitrogen and oxygen atoms in total. The van der Waals surface area contributed by atoms with Crippen molar-refractivity contribution >= 4 is 23.6 Å². The Balaban J connectivity index is 1.28. The topological polar surface area (TPSA) is 138 Å². The fraction of sp³-hybridized carbons (Fsp3) is 0.418. The van der Waals surface area contributed by atoms with Crippen molar-refractivity contribution in [2.24, 2.45) is 22.9 Å². The largest absolute Gasteiger partial charge is 0.493 e. The smallest absolute Gasteiger partial charge is 0.410 e. The molecule has 0 unspecified atom stereocenters. The minimum absolute atomic E-state index is 0.0410. The molecule has 13 heteroatoms. The van der Waals surface area contributed by atoms with E-state index in [1.54, 1.807) is 28.8 Å². The monoisotopic (exact) mass is 944 g/mol. The van der Waals surface area contributed by atoms with E-state index in [0.29, 0.717) is 48.8 Å². The predicted molar refractivity (Wildman–Crippen MR) is 263 cm³/mol. The summed E-state index contributed by atoms with van der Waals surface area (Å²) in [5, 5.41) is 25.1. The van der Waals surface area contributed by atoms with Gasteiger partial charge < -0.3 is 43.5 Å². The molecule has 0 bridgehead atoms. The van der Waals surface area contributed by atoms with Crippen molar-refractivity contribution in [1.82, 2.24) is 4.90 Å². The molecular formula is C55H64N2O10S. The Labute approximate surface area is 404 Å². The van der Waals surface area contributed by atoms with Crippen LogP contribution in [0.25, 0.3) is 0 Å². The lowest BCUT2D eigenvalue weighted by Gasteiger charge is -2.59. The third-order valence-electron chi connectivity index (χ3n) is 13.2. The number of aliphatic hydroxyl groups is 2. The van der Waals surface area contributed by atoms with Crippen LogP contribution in [-0.2, 0) is 27.5 Å². The highest BCUT2D eigenvalue weighted by atomic mass is 32.2. The van der Waals surface area contributed by atoms with Crippen LogP contribution in [0, 0.1) is 17.8 Å². The highest BCUT2D eigenvalue weighted by molar-refractivity contribution is 7.99. The minimum Gasteiger partial charge on any atom is -0.493 e. The number of fused-ring (bicyclic) bond motifs is 3. The van der Waals surface area contributed by atoms with Crippen molar-refractivity contribution in [3.05, 3.63) is 151 Å². The SMILES string of the molecule is C=CCCOC(=O)N(Cc1ccc2c(c1)OCO2)[C@H]1CC(=NOCc2ccccc2)C2=C[C@H](CCCCO)[C@@H](CCCCO)[C@@H]3c4cc(OCCSc5ccccc5)ccc4O[C@@]1(OCC=C)[C@H]23. The van der Waals surface area contributed by atoms with E-state index in [1.807, 2.05) is 78.9 Å². The molecular weight excluding hydrogens is 881 g/mol. The highest BCUT2D eigenvalue weighted by Crippen LogP contribution is 2.62. The fourth-order valence-corrected chi connectivity index (χ4v) is 10.9. The first kappa shape index (κ1) is 48.7. The Morgan fingerprint density at radius 1 is 0.853 bits per heavy atom. The molecule has 2 N–H and O–H groups in total. The Hall–Kier alpha value is -5.73. The molecule has 0 spiro atoms. The first-order valence-electron chi connectivity index (χ1n) is 23.9. The molecule has 1 saturated carbocycles. The van der Waals surface area contributed by atoms with Gasteiger partial charge in [-0.05, 0) is 103 Å². The molecule has 1 fully saturated rings. The van der Waals surface area contributed by atoms with Gasteiger partial charge in [0.25, 0.3) is 0 Å². The number of aliphatic hydroxyl groups excluding tert-OH is 2. The Bertz CT molecular complexity index is 2360. The number of amides is 1. The number of rotatable bonds is 25. The molecule has 2 heterocycles. The molecule has 360 valence electrons. The second kappa shape index (κ2) is 24.0. The number of hydrogen-bond donors (Lipinski definition) is 2. The minimum atomic E-state index is -1.48. The number of hydrogen-bond acceptors (Lipinski definition) is 12. The van der Waals surface area contributed by atoms with E-state index in [9.17, 15) is 15.0 Å². The van der Waals surface area contributed by atoms with E-state index in [2.05, 4.69) is 37.4 Å². The van der Waals surface area contributed by atoms with Crippen molar-refractivity contribution in [1.29, 1.82) is 0 Å². The fourth-order valence-electron chi connectivity index (χ4n) is 10.2. The first-order chi connectivity index (χ1) is 33.5. The summed E-state index contributed by atoms with van der Waals surface area (Å²) in [5.74, 6) is 1.24. The van der Waals surface area contributed by atoms with Crippen LogP contribution in [0.2, 0.25) is 0 Å². The second-order valence-electron chi connectivity index (χ2n) is 17.5. The van der Waals surface area contributed by atoms with Crippen LogP contribution in [0.15, 0.2) is 144 Å². The maximum atomic E-state index is 14.9. The zero-order chi connectivity index (χ0) is 47.1. The standard InChI is InChI=1S/C55H64N2O10S/c1-3-5-29-62-54(60)57(36-40-22-24-49-50(32-40)64-38-63-49)51-35-47(56-66-37-39-16-8-6-9-17-39)45-33-41(18-12-14-26-58)44(21-13-15-27-59)52-46-34-42(61-30-31-68-43-19-10-7-11-20-43)23-25-48(46)67-55(51,53(45)52)65-28-4-2/h3-4,6-11,16-17,19-20,22-25,32-34,41,44,51-53,58-59H,1-2,5,12-15,18,21,26-31,35-38H2/t41-,44+,51-,52+,53+,55+/m0/s1. The van der Waals surface area contributed by atoms with Gasteiger partial charge in [0.1, 0.15) is 24.1 Å². The number of unbranched alkanes of at least 4 members (excludes halogenated alkanes) is 2. The highest BCUT2D eigenvalue weighted by Gasteiger charge is 2.65. The predicted octanol–water partition coefficient (Wildman–Crippen LogP) is 10.6. The van der Waals surface area contributed by atoms with Gasteiger partial charge in [-0.3, -0.25) is 4.90 Å². The normalized spacial score (nSPS) is 22.5. The summed E-state index contributed by atoms with van der Waals surface area (Å²) < 4.78 is 38.7. The van der Waals surface area contributed by atoms with Gasteiger partial charge in [-0.2, -0.15) is 0 Å². The van der Waals surface area contributed by atoms with E-state index in [1.165, 1.54) is 4.90 Å². The quantitative estimate of drug-likeness (QED) is 0.0284. The number of carbonyl (C=O) groups excluding carboxylic acids is 1. The Morgan fingerprint density at radius 3 is 2.40 bits per heavy atom. The molecule has 2 aliphatic carbocycles. The number of thioether (sulfide) groups is 1. The number of allylic oxidation sites excluding steroid dienone is 1. The van der Waals surface area contributed by atoms with Crippen molar-refractivity contribution < 1.29 is 48.3 Å². The van der Waals surface area contributed by atoms with Crippen LogP contribution in [0.1, 0.15) is 74.0 Å². The van der Waals surface area contributed by atoms with Crippen LogP contribution in [-0.4, -0.2) is 84.3 Å². The van der Waals surface area contributed by atoms with E-state index in [0.717, 1.165) is 59.4 Å². The van der Waals surface area contributed by atoms with Crippen LogP contribution >= 0.6 is 11.8 Å². The lowest BCUT2D eigenvalue weighted by Crippen LogP contribution is -2.70. The van der Waals surface area contributed by atoms with Crippen molar-refractivity contribution in [2.75, 3.05) is 45.6 Å². The summed E-state index contributed by atoms with van der Waals surface area (Å²) in [6.07, 6.45) is 10.5. The second-order valence-corrected chi connectivity index (χ2v) is 18.7. The van der Waals surface area contributed by atoms with E-state index in [4.69, 9.17) is 38.4 Å². The molecule has 1 amide bonds. The van der Waals surface area contributed by atoms with Crippen molar-refractivity contribution in [3.63, 3.8) is 0 Å². The number of carbonyl (C=O) groups is 1. The third kappa shape index (κ3) is 11.4. The van der Waals surface area contributed by atoms with Gasteiger partial charge in [-0.1, -0.05) is 90.8 Å². The van der Waals surface area contributed by atoms with Gasteiger partial charge in [0.2, 0.25) is 12.6 Å². The summed E-state index contributed by atoms with van der Waals surface area (Å²) >= 11 is 1.74. The maximum Gasteiger partial charge on any atom is 0.410 e. The molecule has 0 saturated heterocycles. The summed E-state index contributed by atoms with van der Waals surface area (Å²) in [5.41, 5.74) is 4.37. The molecule has 8 rings (SSSR count). The summed E-state index contributed by atoms with van der Waals surface area (Å²) in [4.78, 5) is 24.1. The van der Waals surface area contributed by atoms with Crippen molar-refractivity contribution in [2.45, 2.75) is 87.2 Å². The molecule has 4 aromatic rings. The Kier molecular flexibility index (Phi) is 17.2. The van der Waals surface area contributed by atoms with Crippen LogP contribution in [0.4, 0.5) is 4.79 Å². The molecule has 0 radical (unpaired) electrons. The summed E-state index contributed by atoms with van der Waals surface area (Å²) in [6, 6.07) is 31.1. The van der Waals surface area contributed by atoms with Gasteiger partial charge in [0, 0.05) is 48.3 Å². The maximum absolute atomic E-state index is 14.9. The van der Waals surface area contributed by atoms with E-state index >= 15 is 0 Å². The molecule has 4 aromatic carbocycles. The Morgan fingerprint density at radius 2 is 1.62 bits per heavy atom. The van der Waals surface area contributed by atoms with Gasteiger partial charge in [0.15, 0.2) is 11.5 Å². The van der Waals surface area contributed by atoms with Gasteiger partial charge >= 0.3 is 6.09 Å². The van der Waals surface area contributed by atoms with Crippen LogP contribution < -0.4 is 18.9 Å². The van der Waals surface area contributed by atoms with E-state index < -0.39 is 23.8 Å². The van der Waals surface area contributed by atoms with Gasteiger partial charge in [-0.25, -0.2) is 4.79 Å². The third-order valence-corrected chi connectivity index (χ3v) is 14.2.